The topological polar surface area (TPSA) is 49.2 Å². The first-order chi connectivity index (χ1) is 14.5. The Kier molecular flexibility index (Phi) is 6.09. The fourth-order valence-corrected chi connectivity index (χ4v) is 4.12. The van der Waals surface area contributed by atoms with Gasteiger partial charge < -0.3 is 14.0 Å². The molecule has 0 aliphatic heterocycles. The summed E-state index contributed by atoms with van der Waals surface area (Å²) in [4.78, 5) is 9.92. The summed E-state index contributed by atoms with van der Waals surface area (Å²) < 4.78 is 13.7. The van der Waals surface area contributed by atoms with E-state index in [1.54, 1.807) is 7.11 Å². The van der Waals surface area contributed by atoms with Crippen molar-refractivity contribution in [2.45, 2.75) is 59.4 Å². The lowest BCUT2D eigenvalue weighted by atomic mass is 10.0. The molecule has 1 aliphatic carbocycles. The molecule has 3 aromatic rings. The van der Waals surface area contributed by atoms with E-state index >= 15 is 0 Å². The monoisotopic (exact) mass is 407 g/mol. The number of pyridine rings is 2. The van der Waals surface area contributed by atoms with Gasteiger partial charge in [0, 0.05) is 24.9 Å². The summed E-state index contributed by atoms with van der Waals surface area (Å²) in [6.07, 6.45) is 6.64. The van der Waals surface area contributed by atoms with Gasteiger partial charge in [-0.05, 0) is 68.7 Å². The highest BCUT2D eigenvalue weighted by Gasteiger charge is 2.23. The molecule has 0 unspecified atom stereocenters. The number of rotatable bonds is 9. The lowest BCUT2D eigenvalue weighted by Gasteiger charge is -2.18. The Morgan fingerprint density at radius 2 is 1.93 bits per heavy atom. The number of methoxy groups -OCH3 is 1. The van der Waals surface area contributed by atoms with Gasteiger partial charge in [-0.15, -0.1) is 0 Å². The SMILES string of the molecule is CCc1nc(OCC2CC2)ccc1-c1nc2c(C)cn([C@H](CC)COC)c2cc1C. The van der Waals surface area contributed by atoms with E-state index in [4.69, 9.17) is 19.4 Å². The molecular formula is C25H33N3O2. The Labute approximate surface area is 179 Å². The molecule has 3 aromatic heterocycles. The van der Waals surface area contributed by atoms with Crippen LogP contribution in [-0.2, 0) is 11.2 Å². The van der Waals surface area contributed by atoms with Crippen molar-refractivity contribution in [2.75, 3.05) is 20.3 Å². The standard InChI is InChI=1S/C25H33N3O2/c1-6-19(15-29-5)28-13-17(4)25-22(28)12-16(3)24(27-25)20-10-11-23(26-21(20)7-2)30-14-18-8-9-18/h10-13,18-19H,6-9,14-15H2,1-5H3/t19-/m1/s1. The molecule has 0 radical (unpaired) electrons. The van der Waals surface area contributed by atoms with E-state index in [0.29, 0.717) is 12.6 Å². The van der Waals surface area contributed by atoms with Crippen molar-refractivity contribution in [2.24, 2.45) is 5.92 Å². The quantitative estimate of drug-likeness (QED) is 0.459. The highest BCUT2D eigenvalue weighted by molar-refractivity contribution is 5.84. The predicted molar refractivity (Wildman–Crippen MR) is 121 cm³/mol. The molecule has 0 N–H and O–H groups in total. The molecule has 0 aromatic carbocycles. The fourth-order valence-electron chi connectivity index (χ4n) is 4.12. The van der Waals surface area contributed by atoms with Gasteiger partial charge in [0.15, 0.2) is 0 Å². The van der Waals surface area contributed by atoms with Crippen LogP contribution in [0.4, 0.5) is 0 Å². The van der Waals surface area contributed by atoms with Crippen LogP contribution >= 0.6 is 0 Å². The minimum atomic E-state index is 0.314. The smallest absolute Gasteiger partial charge is 0.213 e. The third-order valence-electron chi connectivity index (χ3n) is 6.10. The van der Waals surface area contributed by atoms with Crippen molar-refractivity contribution in [1.82, 2.24) is 14.5 Å². The fraction of sp³-hybridized carbons (Fsp3) is 0.520. The van der Waals surface area contributed by atoms with E-state index < -0.39 is 0 Å². The number of hydrogen-bond acceptors (Lipinski definition) is 4. The van der Waals surface area contributed by atoms with Crippen molar-refractivity contribution < 1.29 is 9.47 Å². The first kappa shape index (κ1) is 20.9. The first-order valence-corrected chi connectivity index (χ1v) is 11.2. The summed E-state index contributed by atoms with van der Waals surface area (Å²) in [6.45, 7) is 10.1. The second-order valence-corrected chi connectivity index (χ2v) is 8.51. The van der Waals surface area contributed by atoms with Crippen molar-refractivity contribution in [3.05, 3.63) is 41.2 Å². The maximum absolute atomic E-state index is 5.90. The molecule has 160 valence electrons. The third kappa shape index (κ3) is 4.08. The third-order valence-corrected chi connectivity index (χ3v) is 6.10. The van der Waals surface area contributed by atoms with Crippen LogP contribution in [-0.4, -0.2) is 34.9 Å². The maximum Gasteiger partial charge on any atom is 0.213 e. The van der Waals surface area contributed by atoms with Gasteiger partial charge in [0.1, 0.15) is 0 Å². The van der Waals surface area contributed by atoms with Gasteiger partial charge in [0.2, 0.25) is 5.88 Å². The second-order valence-electron chi connectivity index (χ2n) is 8.51. The molecule has 1 fully saturated rings. The van der Waals surface area contributed by atoms with Gasteiger partial charge in [-0.3, -0.25) is 0 Å². The molecular weight excluding hydrogens is 374 g/mol. The van der Waals surface area contributed by atoms with Crippen LogP contribution in [0.5, 0.6) is 5.88 Å². The zero-order chi connectivity index (χ0) is 21.3. The average molecular weight is 408 g/mol. The minimum absolute atomic E-state index is 0.314. The summed E-state index contributed by atoms with van der Waals surface area (Å²) in [7, 11) is 1.76. The van der Waals surface area contributed by atoms with Gasteiger partial charge in [-0.2, -0.15) is 0 Å². The van der Waals surface area contributed by atoms with Gasteiger partial charge in [-0.1, -0.05) is 13.8 Å². The molecule has 1 atom stereocenters. The summed E-state index contributed by atoms with van der Waals surface area (Å²) >= 11 is 0. The average Bonchev–Trinajstić information content (AvgIpc) is 3.53. The second kappa shape index (κ2) is 8.76. The predicted octanol–water partition coefficient (Wildman–Crippen LogP) is 5.66. The highest BCUT2D eigenvalue weighted by atomic mass is 16.5. The lowest BCUT2D eigenvalue weighted by molar-refractivity contribution is 0.155. The highest BCUT2D eigenvalue weighted by Crippen LogP contribution is 2.33. The zero-order valence-electron chi connectivity index (χ0n) is 18.9. The Bertz CT molecular complexity index is 1040. The molecule has 0 spiro atoms. The first-order valence-electron chi connectivity index (χ1n) is 11.2. The van der Waals surface area contributed by atoms with E-state index in [1.165, 1.54) is 23.9 Å². The van der Waals surface area contributed by atoms with Crippen LogP contribution < -0.4 is 4.74 Å². The van der Waals surface area contributed by atoms with Crippen LogP contribution in [0.1, 0.15) is 56.0 Å². The lowest BCUT2D eigenvalue weighted by Crippen LogP contribution is -2.13. The van der Waals surface area contributed by atoms with Gasteiger partial charge in [0.25, 0.3) is 0 Å². The van der Waals surface area contributed by atoms with Gasteiger partial charge >= 0.3 is 0 Å². The van der Waals surface area contributed by atoms with Crippen molar-refractivity contribution in [3.63, 3.8) is 0 Å². The van der Waals surface area contributed by atoms with E-state index in [2.05, 4.69) is 50.6 Å². The van der Waals surface area contributed by atoms with Crippen LogP contribution in [0.25, 0.3) is 22.3 Å². The van der Waals surface area contributed by atoms with Crippen molar-refractivity contribution >= 4 is 11.0 Å². The van der Waals surface area contributed by atoms with E-state index in [-0.39, 0.29) is 0 Å². The molecule has 0 saturated heterocycles. The molecule has 0 bridgehead atoms. The molecule has 0 amide bonds. The largest absolute Gasteiger partial charge is 0.477 e. The molecule has 4 rings (SSSR count). The molecule has 30 heavy (non-hydrogen) atoms. The van der Waals surface area contributed by atoms with E-state index in [0.717, 1.165) is 59.3 Å². The summed E-state index contributed by atoms with van der Waals surface area (Å²) in [5, 5.41) is 0. The Balaban J connectivity index is 1.73. The van der Waals surface area contributed by atoms with E-state index in [1.807, 2.05) is 6.07 Å². The summed E-state index contributed by atoms with van der Waals surface area (Å²) in [6, 6.07) is 6.70. The van der Waals surface area contributed by atoms with Crippen molar-refractivity contribution in [1.29, 1.82) is 0 Å². The molecule has 3 heterocycles. The molecule has 1 aliphatic rings. The van der Waals surface area contributed by atoms with Crippen LogP contribution in [0, 0.1) is 19.8 Å². The molecule has 5 heteroatoms. The van der Waals surface area contributed by atoms with E-state index in [9.17, 15) is 0 Å². The Morgan fingerprint density at radius 3 is 2.60 bits per heavy atom. The van der Waals surface area contributed by atoms with Crippen LogP contribution in [0.3, 0.4) is 0 Å². The molecule has 1 saturated carbocycles. The van der Waals surface area contributed by atoms with Crippen molar-refractivity contribution in [3.8, 4) is 17.1 Å². The summed E-state index contributed by atoms with van der Waals surface area (Å²) in [5.41, 5.74) is 7.75. The summed E-state index contributed by atoms with van der Waals surface area (Å²) in [5.74, 6) is 1.45. The number of aromatic nitrogens is 3. The number of hydrogen-bond donors (Lipinski definition) is 0. The normalized spacial score (nSPS) is 15.0. The zero-order valence-corrected chi connectivity index (χ0v) is 18.9. The Hall–Kier alpha value is -2.40. The van der Waals surface area contributed by atoms with Crippen LogP contribution in [0.15, 0.2) is 24.4 Å². The molecule has 5 nitrogen and oxygen atoms in total. The van der Waals surface area contributed by atoms with Gasteiger partial charge in [-0.25, -0.2) is 9.97 Å². The maximum atomic E-state index is 5.90. The number of nitrogens with zero attached hydrogens (tertiary/aromatic N) is 3. The van der Waals surface area contributed by atoms with Crippen LogP contribution in [0.2, 0.25) is 0 Å². The number of aryl methyl sites for hydroxylation is 3. The number of fused-ring (bicyclic) bond motifs is 1. The van der Waals surface area contributed by atoms with Gasteiger partial charge in [0.05, 0.1) is 41.7 Å². The Morgan fingerprint density at radius 1 is 1.13 bits per heavy atom. The minimum Gasteiger partial charge on any atom is -0.477 e. The number of ether oxygens (including phenoxy) is 2.